The van der Waals surface area contributed by atoms with E-state index in [-0.39, 0.29) is 0 Å². The van der Waals surface area contributed by atoms with Gasteiger partial charge in [0.25, 0.3) is 0 Å². The van der Waals surface area contributed by atoms with Crippen molar-refractivity contribution in [3.8, 4) is 11.3 Å². The van der Waals surface area contributed by atoms with Crippen molar-refractivity contribution in [1.29, 1.82) is 0 Å². The van der Waals surface area contributed by atoms with Crippen molar-refractivity contribution in [2.24, 2.45) is 0 Å². The molecule has 1 heterocycles. The second kappa shape index (κ2) is 4.55. The van der Waals surface area contributed by atoms with Gasteiger partial charge in [0.15, 0.2) is 0 Å². The van der Waals surface area contributed by atoms with Gasteiger partial charge in [-0.3, -0.25) is 0 Å². The molecule has 0 aliphatic rings. The molecule has 3 rings (SSSR count). The van der Waals surface area contributed by atoms with Crippen molar-refractivity contribution < 1.29 is 0 Å². The summed E-state index contributed by atoms with van der Waals surface area (Å²) in [5.41, 5.74) is 16.0. The van der Waals surface area contributed by atoms with E-state index < -0.39 is 0 Å². The first-order valence-corrected chi connectivity index (χ1v) is 6.64. The maximum Gasteiger partial charge on any atom is 0.0731 e. The molecule has 3 nitrogen and oxygen atoms in total. The maximum absolute atomic E-state index is 6.09. The molecule has 0 spiro atoms. The second-order valence-electron chi connectivity index (χ2n) is 4.38. The molecule has 2 aromatic carbocycles. The lowest BCUT2D eigenvalue weighted by Crippen LogP contribution is -1.94. The summed E-state index contributed by atoms with van der Waals surface area (Å²) in [6.07, 6.45) is 0. The predicted octanol–water partition coefficient (Wildman–Crippen LogP) is 3.83. The van der Waals surface area contributed by atoms with Gasteiger partial charge >= 0.3 is 0 Å². The van der Waals surface area contributed by atoms with Crippen LogP contribution in [0.1, 0.15) is 0 Å². The first-order chi connectivity index (χ1) is 9.13. The van der Waals surface area contributed by atoms with Crippen LogP contribution in [0.4, 0.5) is 11.4 Å². The van der Waals surface area contributed by atoms with E-state index in [9.17, 15) is 0 Å². The highest BCUT2D eigenvalue weighted by Gasteiger charge is 2.06. The number of hydrogen-bond donors (Lipinski definition) is 2. The summed E-state index contributed by atoms with van der Waals surface area (Å²) in [5, 5.41) is 0.890. The zero-order valence-corrected chi connectivity index (χ0v) is 11.7. The Bertz CT molecular complexity index is 751. The third-order valence-electron chi connectivity index (χ3n) is 3.00. The monoisotopic (exact) mass is 313 g/mol. The standard InChI is InChI=1S/C15H12BrN3/c16-10-3-1-9(2-4-10)15-8-13(18)12-7-11(17)5-6-14(12)19-15/h1-8H,17H2,(H2,18,19). The van der Waals surface area contributed by atoms with E-state index >= 15 is 0 Å². The Kier molecular flexibility index (Phi) is 2.87. The van der Waals surface area contributed by atoms with Crippen LogP contribution in [-0.4, -0.2) is 4.98 Å². The number of rotatable bonds is 1. The van der Waals surface area contributed by atoms with E-state index in [1.54, 1.807) is 0 Å². The van der Waals surface area contributed by atoms with Crippen LogP contribution in [0, 0.1) is 0 Å². The fraction of sp³-hybridized carbons (Fsp3) is 0. The van der Waals surface area contributed by atoms with Crippen LogP contribution in [-0.2, 0) is 0 Å². The fourth-order valence-corrected chi connectivity index (χ4v) is 2.30. The number of benzene rings is 2. The van der Waals surface area contributed by atoms with Gasteiger partial charge in [0.05, 0.1) is 11.2 Å². The number of nitrogen functional groups attached to an aromatic ring is 2. The predicted molar refractivity (Wildman–Crippen MR) is 83.7 cm³/mol. The molecular formula is C15H12BrN3. The Hall–Kier alpha value is -2.07. The highest BCUT2D eigenvalue weighted by atomic mass is 79.9. The smallest absolute Gasteiger partial charge is 0.0731 e. The molecule has 0 saturated carbocycles. The molecular weight excluding hydrogens is 302 g/mol. The molecule has 3 aromatic rings. The van der Waals surface area contributed by atoms with E-state index in [1.807, 2.05) is 48.5 Å². The van der Waals surface area contributed by atoms with E-state index in [0.29, 0.717) is 11.4 Å². The average Bonchev–Trinajstić information content (AvgIpc) is 2.40. The van der Waals surface area contributed by atoms with Gasteiger partial charge in [0, 0.05) is 26.8 Å². The Balaban J connectivity index is 2.20. The molecule has 0 unspecified atom stereocenters. The molecule has 0 aliphatic carbocycles. The Labute approximate surface area is 119 Å². The van der Waals surface area contributed by atoms with Crippen LogP contribution in [0.5, 0.6) is 0 Å². The number of hydrogen-bond acceptors (Lipinski definition) is 3. The molecule has 0 saturated heterocycles. The van der Waals surface area contributed by atoms with E-state index in [2.05, 4.69) is 20.9 Å². The lowest BCUT2D eigenvalue weighted by Gasteiger charge is -2.07. The highest BCUT2D eigenvalue weighted by Crippen LogP contribution is 2.28. The topological polar surface area (TPSA) is 64.9 Å². The van der Waals surface area contributed by atoms with Crippen LogP contribution in [0.2, 0.25) is 0 Å². The van der Waals surface area contributed by atoms with E-state index in [4.69, 9.17) is 11.5 Å². The van der Waals surface area contributed by atoms with Gasteiger partial charge in [0.1, 0.15) is 0 Å². The number of aromatic nitrogens is 1. The minimum Gasteiger partial charge on any atom is -0.399 e. The lowest BCUT2D eigenvalue weighted by atomic mass is 10.1. The maximum atomic E-state index is 6.09. The zero-order chi connectivity index (χ0) is 13.4. The van der Waals surface area contributed by atoms with Crippen LogP contribution in [0.15, 0.2) is 53.0 Å². The highest BCUT2D eigenvalue weighted by molar-refractivity contribution is 9.10. The van der Waals surface area contributed by atoms with Gasteiger partial charge in [-0.2, -0.15) is 0 Å². The molecule has 1 aromatic heterocycles. The van der Waals surface area contributed by atoms with Crippen molar-refractivity contribution in [3.05, 3.63) is 53.0 Å². The molecule has 4 N–H and O–H groups in total. The summed E-state index contributed by atoms with van der Waals surface area (Å²) in [7, 11) is 0. The average molecular weight is 314 g/mol. The quantitative estimate of drug-likeness (QED) is 0.671. The number of pyridine rings is 1. The summed E-state index contributed by atoms with van der Waals surface area (Å²) in [6, 6.07) is 15.4. The van der Waals surface area contributed by atoms with E-state index in [1.165, 1.54) is 0 Å². The summed E-state index contributed by atoms with van der Waals surface area (Å²) in [4.78, 5) is 4.63. The normalized spacial score (nSPS) is 10.8. The molecule has 0 fully saturated rings. The van der Waals surface area contributed by atoms with Crippen molar-refractivity contribution >= 4 is 38.2 Å². The number of anilines is 2. The number of nitrogens with two attached hydrogens (primary N) is 2. The number of nitrogens with zero attached hydrogens (tertiary/aromatic N) is 1. The third kappa shape index (κ3) is 2.27. The van der Waals surface area contributed by atoms with Gasteiger partial charge in [0.2, 0.25) is 0 Å². The molecule has 0 bridgehead atoms. The second-order valence-corrected chi connectivity index (χ2v) is 5.30. The Morgan fingerprint density at radius 3 is 2.37 bits per heavy atom. The van der Waals surface area contributed by atoms with Crippen molar-refractivity contribution in [1.82, 2.24) is 4.98 Å². The number of fused-ring (bicyclic) bond motifs is 1. The largest absolute Gasteiger partial charge is 0.399 e. The van der Waals surface area contributed by atoms with Crippen LogP contribution >= 0.6 is 15.9 Å². The third-order valence-corrected chi connectivity index (χ3v) is 3.53. The molecule has 4 heteroatoms. The minimum atomic E-state index is 0.690. The fourth-order valence-electron chi connectivity index (χ4n) is 2.04. The molecule has 0 aliphatic heterocycles. The first-order valence-electron chi connectivity index (χ1n) is 5.85. The zero-order valence-electron chi connectivity index (χ0n) is 10.1. The van der Waals surface area contributed by atoms with Crippen LogP contribution < -0.4 is 11.5 Å². The minimum absolute atomic E-state index is 0.690. The van der Waals surface area contributed by atoms with Crippen LogP contribution in [0.3, 0.4) is 0 Å². The summed E-state index contributed by atoms with van der Waals surface area (Å²) in [6.45, 7) is 0. The van der Waals surface area contributed by atoms with Crippen molar-refractivity contribution in [2.75, 3.05) is 11.5 Å². The molecule has 94 valence electrons. The SMILES string of the molecule is Nc1ccc2nc(-c3ccc(Br)cc3)cc(N)c2c1. The van der Waals surface area contributed by atoms with Crippen molar-refractivity contribution in [3.63, 3.8) is 0 Å². The molecule has 19 heavy (non-hydrogen) atoms. The molecule has 0 atom stereocenters. The van der Waals surface area contributed by atoms with Gasteiger partial charge in [-0.15, -0.1) is 0 Å². The summed E-state index contributed by atoms with van der Waals surface area (Å²) >= 11 is 3.42. The van der Waals surface area contributed by atoms with Gasteiger partial charge < -0.3 is 11.5 Å². The summed E-state index contributed by atoms with van der Waals surface area (Å²) in [5.74, 6) is 0. The Morgan fingerprint density at radius 2 is 1.63 bits per heavy atom. The summed E-state index contributed by atoms with van der Waals surface area (Å²) < 4.78 is 1.04. The molecule has 0 amide bonds. The first kappa shape index (κ1) is 12.0. The van der Waals surface area contributed by atoms with Gasteiger partial charge in [-0.25, -0.2) is 4.98 Å². The van der Waals surface area contributed by atoms with Gasteiger partial charge in [-0.05, 0) is 36.4 Å². The van der Waals surface area contributed by atoms with Gasteiger partial charge in [-0.1, -0.05) is 28.1 Å². The van der Waals surface area contributed by atoms with E-state index in [0.717, 1.165) is 26.6 Å². The molecule has 0 radical (unpaired) electrons. The number of halogens is 1. The lowest BCUT2D eigenvalue weighted by molar-refractivity contribution is 1.40. The Morgan fingerprint density at radius 1 is 0.895 bits per heavy atom. The van der Waals surface area contributed by atoms with Crippen molar-refractivity contribution in [2.45, 2.75) is 0 Å². The van der Waals surface area contributed by atoms with Crippen LogP contribution in [0.25, 0.3) is 22.2 Å².